The summed E-state index contributed by atoms with van der Waals surface area (Å²) in [5.74, 6) is 0.389. The topological polar surface area (TPSA) is 65.2 Å². The van der Waals surface area contributed by atoms with E-state index in [2.05, 4.69) is 9.97 Å². The lowest BCUT2D eigenvalue weighted by molar-refractivity contribution is -0.144. The summed E-state index contributed by atoms with van der Waals surface area (Å²) >= 11 is 2.98. The summed E-state index contributed by atoms with van der Waals surface area (Å²) in [4.78, 5) is 20.8. The average Bonchev–Trinajstić information content (AvgIpc) is 3.32. The highest BCUT2D eigenvalue weighted by Gasteiger charge is 2.12. The molecule has 0 spiro atoms. The van der Waals surface area contributed by atoms with Gasteiger partial charge >= 0.3 is 5.97 Å². The number of carbonyl (C=O) groups excluding carboxylic acids is 1. The number of hydrogen-bond acceptors (Lipinski definition) is 7. The highest BCUT2D eigenvalue weighted by molar-refractivity contribution is 7.18. The minimum Gasteiger partial charge on any atom is -0.462 e. The van der Waals surface area contributed by atoms with Crippen molar-refractivity contribution in [3.63, 3.8) is 0 Å². The van der Waals surface area contributed by atoms with Gasteiger partial charge in [-0.3, -0.25) is 4.79 Å². The maximum absolute atomic E-state index is 12.0. The monoisotopic (exact) mass is 356 g/mol. The Balaban J connectivity index is 1.36. The fourth-order valence-corrected chi connectivity index (χ4v) is 3.89. The Morgan fingerprint density at radius 3 is 2.92 bits per heavy atom. The van der Waals surface area contributed by atoms with Crippen LogP contribution in [0.4, 0.5) is 0 Å². The van der Waals surface area contributed by atoms with Crippen LogP contribution in [0.5, 0.6) is 0 Å². The number of hydrogen-bond donors (Lipinski definition) is 0. The van der Waals surface area contributed by atoms with Crippen molar-refractivity contribution in [1.29, 1.82) is 0 Å². The number of nitrogens with zero attached hydrogens (tertiary/aromatic N) is 2. The van der Waals surface area contributed by atoms with Gasteiger partial charge in [0.2, 0.25) is 0 Å². The summed E-state index contributed by atoms with van der Waals surface area (Å²) in [5.41, 5.74) is 1.61. The number of ether oxygens (including phenoxy) is 1. The second kappa shape index (κ2) is 6.54. The van der Waals surface area contributed by atoms with Crippen molar-refractivity contribution in [2.45, 2.75) is 13.0 Å². The number of esters is 1. The predicted octanol–water partition coefficient (Wildman–Crippen LogP) is 4.30. The lowest BCUT2D eigenvalue weighted by Gasteiger charge is -2.00. The van der Waals surface area contributed by atoms with Crippen LogP contribution in [0.15, 0.2) is 52.5 Å². The van der Waals surface area contributed by atoms with Crippen molar-refractivity contribution in [1.82, 2.24) is 9.97 Å². The summed E-state index contributed by atoms with van der Waals surface area (Å²) in [7, 11) is 0. The fraction of sp³-hybridized carbons (Fsp3) is 0.118. The molecule has 7 heteroatoms. The third-order valence-corrected chi connectivity index (χ3v) is 5.22. The molecule has 0 amide bonds. The molecule has 0 bridgehead atoms. The molecule has 1 aromatic carbocycles. The van der Waals surface area contributed by atoms with Crippen molar-refractivity contribution >= 4 is 38.9 Å². The molecule has 0 aliphatic rings. The van der Waals surface area contributed by atoms with Crippen LogP contribution < -0.4 is 0 Å². The first-order valence-corrected chi connectivity index (χ1v) is 8.96. The van der Waals surface area contributed by atoms with Crippen molar-refractivity contribution in [3.05, 3.63) is 58.7 Å². The average molecular weight is 356 g/mol. The number of benzene rings is 1. The summed E-state index contributed by atoms with van der Waals surface area (Å²) < 4.78 is 11.7. The first kappa shape index (κ1) is 15.0. The third-order valence-electron chi connectivity index (χ3n) is 3.30. The Morgan fingerprint density at radius 1 is 1.17 bits per heavy atom. The van der Waals surface area contributed by atoms with E-state index >= 15 is 0 Å². The Morgan fingerprint density at radius 2 is 2.08 bits per heavy atom. The van der Waals surface area contributed by atoms with E-state index in [9.17, 15) is 4.79 Å². The van der Waals surface area contributed by atoms with Crippen LogP contribution in [0.2, 0.25) is 0 Å². The molecule has 0 saturated heterocycles. The zero-order valence-corrected chi connectivity index (χ0v) is 14.1. The van der Waals surface area contributed by atoms with E-state index in [1.165, 1.54) is 22.7 Å². The molecule has 0 fully saturated rings. The summed E-state index contributed by atoms with van der Waals surface area (Å²) in [5, 5.41) is 3.39. The standard InChI is InChI=1S/C17H12N2O3S2/c20-16(8-11-10-23-17(18-11)13-5-3-7-21-13)22-9-15-19-12-4-1-2-6-14(12)24-15/h1-7,10H,8-9H2. The SMILES string of the molecule is O=C(Cc1csc(-c2ccco2)n1)OCc1nc2ccccc2s1. The number of aromatic nitrogens is 2. The normalized spacial score (nSPS) is 11.0. The quantitative estimate of drug-likeness (QED) is 0.499. The van der Waals surface area contributed by atoms with Crippen molar-refractivity contribution in [2.24, 2.45) is 0 Å². The van der Waals surface area contributed by atoms with Gasteiger partial charge in [-0.25, -0.2) is 9.97 Å². The van der Waals surface area contributed by atoms with E-state index in [1.54, 1.807) is 6.26 Å². The third kappa shape index (κ3) is 3.22. The van der Waals surface area contributed by atoms with Crippen LogP contribution in [0, 0.1) is 0 Å². The molecule has 4 aromatic rings. The van der Waals surface area contributed by atoms with Gasteiger partial charge in [0.1, 0.15) is 11.6 Å². The minimum atomic E-state index is -0.314. The van der Waals surface area contributed by atoms with E-state index in [0.29, 0.717) is 11.5 Å². The molecule has 4 rings (SSSR count). The Bertz CT molecular complexity index is 940. The van der Waals surface area contributed by atoms with Crippen LogP contribution in [0.25, 0.3) is 21.0 Å². The van der Waals surface area contributed by atoms with Gasteiger partial charge in [-0.15, -0.1) is 22.7 Å². The van der Waals surface area contributed by atoms with Crippen LogP contribution in [-0.4, -0.2) is 15.9 Å². The predicted molar refractivity (Wildman–Crippen MR) is 92.9 cm³/mol. The van der Waals surface area contributed by atoms with Crippen molar-refractivity contribution in [3.8, 4) is 10.8 Å². The molecule has 0 atom stereocenters. The lowest BCUT2D eigenvalue weighted by atomic mass is 10.3. The zero-order chi connectivity index (χ0) is 16.4. The molecule has 3 aromatic heterocycles. The smallest absolute Gasteiger partial charge is 0.312 e. The second-order valence-electron chi connectivity index (χ2n) is 5.03. The number of thiazole rings is 2. The molecule has 0 aliphatic carbocycles. The molecular weight excluding hydrogens is 344 g/mol. The first-order valence-electron chi connectivity index (χ1n) is 7.26. The van der Waals surface area contributed by atoms with Crippen LogP contribution in [0.1, 0.15) is 10.7 Å². The highest BCUT2D eigenvalue weighted by Crippen LogP contribution is 2.25. The summed E-state index contributed by atoms with van der Waals surface area (Å²) in [6.45, 7) is 0.188. The minimum absolute atomic E-state index is 0.141. The van der Waals surface area contributed by atoms with E-state index in [4.69, 9.17) is 9.15 Å². The molecule has 120 valence electrons. The van der Waals surface area contributed by atoms with Gasteiger partial charge in [-0.05, 0) is 24.3 Å². The molecule has 5 nitrogen and oxygen atoms in total. The van der Waals surface area contributed by atoms with Gasteiger partial charge in [-0.2, -0.15) is 0 Å². The van der Waals surface area contributed by atoms with Crippen LogP contribution in [0.3, 0.4) is 0 Å². The van der Waals surface area contributed by atoms with Gasteiger partial charge < -0.3 is 9.15 Å². The maximum atomic E-state index is 12.0. The second-order valence-corrected chi connectivity index (χ2v) is 7.01. The van der Waals surface area contributed by atoms with E-state index in [-0.39, 0.29) is 19.0 Å². The molecular formula is C17H12N2O3S2. The number of para-hydroxylation sites is 1. The number of carbonyl (C=O) groups is 1. The van der Waals surface area contributed by atoms with E-state index in [1.807, 2.05) is 41.8 Å². The first-order chi connectivity index (χ1) is 11.8. The lowest BCUT2D eigenvalue weighted by Crippen LogP contribution is -2.08. The maximum Gasteiger partial charge on any atom is 0.312 e. The molecule has 0 radical (unpaired) electrons. The Kier molecular flexibility index (Phi) is 4.10. The van der Waals surface area contributed by atoms with E-state index in [0.717, 1.165) is 20.2 Å². The number of furan rings is 1. The number of rotatable bonds is 5. The van der Waals surface area contributed by atoms with Gasteiger partial charge in [0.05, 0.1) is 28.6 Å². The molecule has 0 aliphatic heterocycles. The fourth-order valence-electron chi connectivity index (χ4n) is 2.22. The van der Waals surface area contributed by atoms with Gasteiger partial charge in [0.25, 0.3) is 0 Å². The Labute approximate surface area is 145 Å². The molecule has 24 heavy (non-hydrogen) atoms. The summed E-state index contributed by atoms with van der Waals surface area (Å²) in [6, 6.07) is 11.5. The molecule has 3 heterocycles. The van der Waals surface area contributed by atoms with Gasteiger partial charge in [0.15, 0.2) is 10.8 Å². The van der Waals surface area contributed by atoms with Crippen molar-refractivity contribution < 1.29 is 13.9 Å². The molecule has 0 saturated carbocycles. The van der Waals surface area contributed by atoms with Gasteiger partial charge in [-0.1, -0.05) is 12.1 Å². The largest absolute Gasteiger partial charge is 0.462 e. The number of fused-ring (bicyclic) bond motifs is 1. The van der Waals surface area contributed by atoms with Gasteiger partial charge in [0, 0.05) is 5.38 Å². The molecule has 0 unspecified atom stereocenters. The van der Waals surface area contributed by atoms with Crippen molar-refractivity contribution in [2.75, 3.05) is 0 Å². The zero-order valence-electron chi connectivity index (χ0n) is 12.5. The highest BCUT2D eigenvalue weighted by atomic mass is 32.1. The Hall–Kier alpha value is -2.51. The summed E-state index contributed by atoms with van der Waals surface area (Å²) in [6.07, 6.45) is 1.74. The van der Waals surface area contributed by atoms with E-state index < -0.39 is 0 Å². The van der Waals surface area contributed by atoms with Crippen LogP contribution >= 0.6 is 22.7 Å². The molecule has 0 N–H and O–H groups in total. The van der Waals surface area contributed by atoms with Crippen LogP contribution in [-0.2, 0) is 22.6 Å².